The second-order valence-electron chi connectivity index (χ2n) is 5.83. The van der Waals surface area contributed by atoms with E-state index < -0.39 is 23.1 Å². The Hall–Kier alpha value is -3.22. The number of nitrogens with one attached hydrogen (secondary N) is 3. The van der Waals surface area contributed by atoms with Crippen LogP contribution in [0.2, 0.25) is 0 Å². The average Bonchev–Trinajstić information content (AvgIpc) is 2.66. The molecule has 7 N–H and O–H groups in total. The Bertz CT molecular complexity index is 972. The third kappa shape index (κ3) is 3.28. The lowest BCUT2D eigenvalue weighted by atomic mass is 10.0. The molecule has 0 amide bonds. The van der Waals surface area contributed by atoms with E-state index in [-0.39, 0.29) is 22.3 Å². The van der Waals surface area contributed by atoms with E-state index in [0.29, 0.717) is 26.2 Å². The lowest BCUT2D eigenvalue weighted by molar-refractivity contribution is -0.137. The largest absolute Gasteiger partial charge is 0.417 e. The van der Waals surface area contributed by atoms with E-state index >= 15 is 0 Å². The summed E-state index contributed by atoms with van der Waals surface area (Å²) in [5.41, 5.74) is 11.1. The molecule has 0 unspecified atom stereocenters. The maximum Gasteiger partial charge on any atom is 0.417 e. The molecule has 0 radical (unpaired) electrons. The summed E-state index contributed by atoms with van der Waals surface area (Å²) in [5, 5.41) is 17.8. The summed E-state index contributed by atoms with van der Waals surface area (Å²) in [6, 6.07) is 1.84. The molecule has 1 aromatic heterocycles. The predicted molar refractivity (Wildman–Crippen MR) is 91.1 cm³/mol. The molecule has 10 nitrogen and oxygen atoms in total. The lowest BCUT2D eigenvalue weighted by Crippen LogP contribution is -2.46. The number of fused-ring (bicyclic) bond motifs is 1. The minimum absolute atomic E-state index is 0.0171. The maximum atomic E-state index is 13.5. The van der Waals surface area contributed by atoms with Crippen LogP contribution in [-0.4, -0.2) is 41.7 Å². The van der Waals surface area contributed by atoms with Crippen LogP contribution in [0.3, 0.4) is 0 Å². The van der Waals surface area contributed by atoms with Gasteiger partial charge in [0.05, 0.1) is 16.6 Å². The van der Waals surface area contributed by atoms with E-state index in [2.05, 4.69) is 20.6 Å². The third-order valence-corrected chi connectivity index (χ3v) is 4.23. The van der Waals surface area contributed by atoms with E-state index in [1.54, 1.807) is 4.90 Å². The van der Waals surface area contributed by atoms with Crippen molar-refractivity contribution in [3.05, 3.63) is 28.7 Å². The third-order valence-electron chi connectivity index (χ3n) is 4.23. The molecule has 13 heteroatoms. The smallest absolute Gasteiger partial charge is 0.382 e. The van der Waals surface area contributed by atoms with Crippen LogP contribution in [-0.2, 0) is 6.18 Å². The van der Waals surface area contributed by atoms with Gasteiger partial charge >= 0.3 is 6.18 Å². The van der Waals surface area contributed by atoms with Crippen LogP contribution < -0.4 is 27.3 Å². The summed E-state index contributed by atoms with van der Waals surface area (Å²) in [6.07, 6.45) is -4.72. The first-order chi connectivity index (χ1) is 12.8. The number of aromatic nitrogens is 2. The van der Waals surface area contributed by atoms with Gasteiger partial charge in [0.15, 0.2) is 17.1 Å². The molecule has 0 aliphatic carbocycles. The van der Waals surface area contributed by atoms with E-state index in [0.717, 1.165) is 16.8 Å². The van der Waals surface area contributed by atoms with Gasteiger partial charge in [-0.15, -0.1) is 0 Å². The molecule has 1 aliphatic heterocycles. The zero-order chi connectivity index (χ0) is 19.8. The fourth-order valence-electron chi connectivity index (χ4n) is 2.94. The molecule has 1 aromatic carbocycles. The second kappa shape index (κ2) is 6.83. The van der Waals surface area contributed by atoms with Gasteiger partial charge in [-0.2, -0.15) is 28.5 Å². The molecule has 144 valence electrons. The van der Waals surface area contributed by atoms with Crippen LogP contribution in [0.15, 0.2) is 22.5 Å². The van der Waals surface area contributed by atoms with Crippen LogP contribution in [0, 0.1) is 10.9 Å². The summed E-state index contributed by atoms with van der Waals surface area (Å²) in [5.74, 6) is 4.67. The number of alkyl halides is 3. The van der Waals surface area contributed by atoms with Gasteiger partial charge in [-0.05, 0) is 12.1 Å². The zero-order valence-electron chi connectivity index (χ0n) is 14.0. The van der Waals surface area contributed by atoms with Crippen molar-refractivity contribution in [1.29, 1.82) is 10.9 Å². The molecule has 27 heavy (non-hydrogen) atoms. The molecule has 2 heterocycles. The van der Waals surface area contributed by atoms with Crippen molar-refractivity contribution in [2.45, 2.75) is 6.18 Å². The summed E-state index contributed by atoms with van der Waals surface area (Å²) in [4.78, 5) is 6.00. The van der Waals surface area contributed by atoms with E-state index in [1.807, 2.05) is 0 Å². The molecule has 1 aliphatic rings. The molecule has 0 saturated carbocycles. The number of benzene rings is 1. The van der Waals surface area contributed by atoms with E-state index in [9.17, 15) is 13.2 Å². The van der Waals surface area contributed by atoms with Crippen molar-refractivity contribution in [1.82, 2.24) is 15.0 Å². The lowest BCUT2D eigenvalue weighted by Gasteiger charge is -2.28. The number of hydrogen-bond donors (Lipinski definition) is 5. The molecule has 3 rings (SSSR count). The van der Waals surface area contributed by atoms with Crippen molar-refractivity contribution >= 4 is 22.7 Å². The fourth-order valence-corrected chi connectivity index (χ4v) is 2.94. The normalized spacial score (nSPS) is 16.0. The Morgan fingerprint density at radius 2 is 1.93 bits per heavy atom. The molecule has 0 bridgehead atoms. The summed E-state index contributed by atoms with van der Waals surface area (Å²) in [6.45, 7) is 2.35. The predicted octanol–water partition coefficient (Wildman–Crippen LogP) is 0.317. The van der Waals surface area contributed by atoms with Crippen LogP contribution in [0.1, 0.15) is 11.1 Å². The molecular weight excluding hydrogens is 365 g/mol. The van der Waals surface area contributed by atoms with Gasteiger partial charge in [0.2, 0.25) is 0 Å². The first-order valence-corrected chi connectivity index (χ1v) is 7.87. The minimum Gasteiger partial charge on any atom is -0.382 e. The molecule has 2 aromatic rings. The standard InChI is InChI=1S/C14H17F3N10/c15-14(16,17)8-6-9-10(5-7(8)11(18)24-20)27(25-21)12(19)13(23-9)26-3-1-22-2-4-26/h5-6,19,21-22H,1-4,20H2,(H2,18,24). The van der Waals surface area contributed by atoms with Crippen molar-refractivity contribution in [3.63, 3.8) is 0 Å². The topological polar surface area (TPSA) is 158 Å². The first-order valence-electron chi connectivity index (χ1n) is 7.87. The number of hydrogen-bond acceptors (Lipinski definition) is 8. The van der Waals surface area contributed by atoms with Crippen molar-refractivity contribution in [3.8, 4) is 0 Å². The number of rotatable bonds is 3. The quantitative estimate of drug-likeness (QED) is 0.170. The Labute approximate surface area is 150 Å². The van der Waals surface area contributed by atoms with Crippen LogP contribution >= 0.6 is 0 Å². The van der Waals surface area contributed by atoms with Gasteiger partial charge in [-0.3, -0.25) is 5.41 Å². The Morgan fingerprint density at radius 1 is 1.26 bits per heavy atom. The van der Waals surface area contributed by atoms with E-state index in [1.165, 1.54) is 0 Å². The highest BCUT2D eigenvalue weighted by Crippen LogP contribution is 2.34. The number of nitrogens with two attached hydrogens (primary N) is 2. The number of nitrogens with zero attached hydrogens (tertiary/aromatic N) is 5. The fraction of sp³-hybridized carbons (Fsp3) is 0.357. The Morgan fingerprint density at radius 3 is 2.48 bits per heavy atom. The summed E-state index contributed by atoms with van der Waals surface area (Å²) < 4.78 is 41.4. The molecule has 1 saturated heterocycles. The highest BCUT2D eigenvalue weighted by Gasteiger charge is 2.35. The van der Waals surface area contributed by atoms with Gasteiger partial charge in [0, 0.05) is 31.7 Å². The monoisotopic (exact) mass is 382 g/mol. The van der Waals surface area contributed by atoms with Crippen molar-refractivity contribution < 1.29 is 13.2 Å². The van der Waals surface area contributed by atoms with Gasteiger partial charge in [0.1, 0.15) is 0 Å². The average molecular weight is 382 g/mol. The number of hydrazone groups is 1. The van der Waals surface area contributed by atoms with E-state index in [4.69, 9.17) is 22.5 Å². The maximum absolute atomic E-state index is 13.5. The number of piperazine rings is 1. The van der Waals surface area contributed by atoms with Gasteiger partial charge in [0.25, 0.3) is 0 Å². The van der Waals surface area contributed by atoms with Gasteiger partial charge < -0.3 is 21.8 Å². The zero-order valence-corrected chi connectivity index (χ0v) is 14.0. The number of anilines is 1. The van der Waals surface area contributed by atoms with Crippen LogP contribution in [0.25, 0.3) is 11.0 Å². The van der Waals surface area contributed by atoms with Gasteiger partial charge in [-0.1, -0.05) is 5.22 Å². The summed E-state index contributed by atoms with van der Waals surface area (Å²) >= 11 is 0. The highest BCUT2D eigenvalue weighted by atomic mass is 19.4. The van der Waals surface area contributed by atoms with Gasteiger partial charge in [-0.25, -0.2) is 4.98 Å². The first kappa shape index (κ1) is 18.6. The Kier molecular flexibility index (Phi) is 4.70. The highest BCUT2D eigenvalue weighted by molar-refractivity contribution is 6.01. The number of amidine groups is 1. The molecule has 0 spiro atoms. The Balaban J connectivity index is 2.34. The molecule has 1 fully saturated rings. The number of halogens is 3. The van der Waals surface area contributed by atoms with Crippen LogP contribution in [0.5, 0.6) is 0 Å². The molecular formula is C14H17F3N10. The summed E-state index contributed by atoms with van der Waals surface area (Å²) in [7, 11) is 0. The minimum atomic E-state index is -4.72. The van der Waals surface area contributed by atoms with Crippen molar-refractivity contribution in [2.24, 2.45) is 21.9 Å². The second-order valence-corrected chi connectivity index (χ2v) is 5.83. The molecule has 0 atom stereocenters. The van der Waals surface area contributed by atoms with Crippen LogP contribution in [0.4, 0.5) is 19.0 Å². The van der Waals surface area contributed by atoms with Crippen molar-refractivity contribution in [2.75, 3.05) is 31.1 Å². The SMILES string of the molecule is N=Nn1c(=N)c(N2CCNCC2)nc2cc(C(F)(F)F)c(/C(N)=N/N)cc21.